The third kappa shape index (κ3) is 2.49. The molecule has 3 aromatic heterocycles. The summed E-state index contributed by atoms with van der Waals surface area (Å²) in [6, 6.07) is 9.82. The Balaban J connectivity index is 1.75. The fourth-order valence-electron chi connectivity index (χ4n) is 2.23. The first-order chi connectivity index (χ1) is 11.4. The first kappa shape index (κ1) is 14.0. The summed E-state index contributed by atoms with van der Waals surface area (Å²) in [5.74, 6) is 0. The Morgan fingerprint density at radius 2 is 1.96 bits per heavy atom. The minimum absolute atomic E-state index is 0.173. The Hall–Kier alpha value is -2.64. The number of fused-ring (bicyclic) bond motifs is 1. The number of tetrazole rings is 1. The van der Waals surface area contributed by atoms with Crippen molar-refractivity contribution < 1.29 is 0 Å². The second kappa shape index (κ2) is 5.86. The molecule has 0 aliphatic carbocycles. The van der Waals surface area contributed by atoms with Crippen LogP contribution in [-0.2, 0) is 6.54 Å². The summed E-state index contributed by atoms with van der Waals surface area (Å²) in [7, 11) is 0. The zero-order valence-electron chi connectivity index (χ0n) is 12.2. The van der Waals surface area contributed by atoms with E-state index in [9.17, 15) is 0 Å². The van der Waals surface area contributed by atoms with Gasteiger partial charge in [-0.15, -0.1) is 0 Å². The number of hydrogen-bond acceptors (Lipinski definition) is 6. The minimum atomic E-state index is -0.173. The molecular weight excluding hydrogens is 359 g/mol. The van der Waals surface area contributed by atoms with Crippen molar-refractivity contribution in [3.05, 3.63) is 43.0 Å². The molecule has 0 aliphatic heterocycles. The number of aryl methyl sites for hydroxylation is 1. The van der Waals surface area contributed by atoms with Gasteiger partial charge in [0, 0.05) is 0 Å². The summed E-state index contributed by atoms with van der Waals surface area (Å²) >= 11 is -0.173. The van der Waals surface area contributed by atoms with Crippen LogP contribution in [0.1, 0.15) is 6.92 Å². The van der Waals surface area contributed by atoms with Crippen LogP contribution in [0.2, 0.25) is 0 Å². The third-order valence-corrected chi connectivity index (χ3v) is 5.29. The molecule has 0 bridgehead atoms. The van der Waals surface area contributed by atoms with Crippen LogP contribution < -0.4 is 9.32 Å². The van der Waals surface area contributed by atoms with Gasteiger partial charge in [0.15, 0.2) is 0 Å². The van der Waals surface area contributed by atoms with E-state index in [-0.39, 0.29) is 15.0 Å². The quantitative estimate of drug-likeness (QED) is 0.449. The van der Waals surface area contributed by atoms with Crippen LogP contribution >= 0.6 is 0 Å². The molecule has 4 rings (SSSR count). The average Bonchev–Trinajstić information content (AvgIpc) is 3.22. The molecular formula is C14H12N8Se. The fraction of sp³-hybridized carbons (Fsp3) is 0.143. The van der Waals surface area contributed by atoms with E-state index >= 15 is 0 Å². The summed E-state index contributed by atoms with van der Waals surface area (Å²) in [6.45, 7) is 2.88. The molecule has 0 spiro atoms. The predicted octanol–water partition coefficient (Wildman–Crippen LogP) is -0.523. The summed E-state index contributed by atoms with van der Waals surface area (Å²) in [5.41, 5.74) is 2.59. The Morgan fingerprint density at radius 3 is 2.78 bits per heavy atom. The van der Waals surface area contributed by atoms with Gasteiger partial charge in [-0.2, -0.15) is 0 Å². The van der Waals surface area contributed by atoms with Gasteiger partial charge in [-0.25, -0.2) is 0 Å². The molecule has 3 heterocycles. The van der Waals surface area contributed by atoms with Crippen molar-refractivity contribution in [3.63, 3.8) is 0 Å². The number of nitrogens with zero attached hydrogens (tertiary/aromatic N) is 8. The van der Waals surface area contributed by atoms with Crippen LogP contribution in [0.5, 0.6) is 0 Å². The SMILES string of the molecule is CCn1cnc2c([Se]c3nnnn3-c3ccccc3)ncnc21. The second-order valence-electron chi connectivity index (χ2n) is 4.69. The molecule has 114 valence electrons. The van der Waals surface area contributed by atoms with Crippen molar-refractivity contribution in [1.82, 2.24) is 39.7 Å². The first-order valence-corrected chi connectivity index (χ1v) is 8.75. The standard InChI is InChI=1S/C14H12N8Se/c1-2-21-9-17-11-12(21)15-8-16-13(11)23-14-18-19-20-22(14)10-6-4-3-5-7-10/h3-9H,2H2,1H3. The van der Waals surface area contributed by atoms with Crippen molar-refractivity contribution in [2.24, 2.45) is 0 Å². The molecule has 8 nitrogen and oxygen atoms in total. The molecule has 0 fully saturated rings. The molecule has 9 heteroatoms. The van der Waals surface area contributed by atoms with Gasteiger partial charge in [0.05, 0.1) is 0 Å². The molecule has 23 heavy (non-hydrogen) atoms. The maximum atomic E-state index is 4.45. The summed E-state index contributed by atoms with van der Waals surface area (Å²) in [5, 5.41) is 12.0. The zero-order chi connectivity index (χ0) is 15.6. The molecule has 0 aliphatic rings. The van der Waals surface area contributed by atoms with E-state index in [0.717, 1.165) is 32.7 Å². The van der Waals surface area contributed by atoms with E-state index in [4.69, 9.17) is 0 Å². The summed E-state index contributed by atoms with van der Waals surface area (Å²) < 4.78 is 5.39. The van der Waals surface area contributed by atoms with E-state index < -0.39 is 0 Å². The molecule has 1 aromatic carbocycles. The van der Waals surface area contributed by atoms with Gasteiger partial charge in [-0.1, -0.05) is 0 Å². The zero-order valence-corrected chi connectivity index (χ0v) is 13.9. The van der Waals surface area contributed by atoms with Crippen molar-refractivity contribution in [2.75, 3.05) is 0 Å². The second-order valence-corrected chi connectivity index (χ2v) is 6.70. The fourth-order valence-corrected chi connectivity index (χ4v) is 3.94. The number of para-hydroxylation sites is 1. The average molecular weight is 371 g/mol. The van der Waals surface area contributed by atoms with E-state index in [1.54, 1.807) is 17.3 Å². The Morgan fingerprint density at radius 1 is 1.09 bits per heavy atom. The van der Waals surface area contributed by atoms with Crippen LogP contribution in [0.25, 0.3) is 16.9 Å². The number of rotatable bonds is 4. The monoisotopic (exact) mass is 372 g/mol. The topological polar surface area (TPSA) is 87.2 Å². The Labute approximate surface area is 137 Å². The van der Waals surface area contributed by atoms with Gasteiger partial charge in [0.2, 0.25) is 0 Å². The predicted molar refractivity (Wildman–Crippen MR) is 85.2 cm³/mol. The van der Waals surface area contributed by atoms with Gasteiger partial charge < -0.3 is 0 Å². The number of hydrogen-bond donors (Lipinski definition) is 0. The van der Waals surface area contributed by atoms with Crippen molar-refractivity contribution in [3.8, 4) is 5.69 Å². The van der Waals surface area contributed by atoms with Crippen LogP contribution in [0, 0.1) is 0 Å². The molecule has 0 amide bonds. The van der Waals surface area contributed by atoms with Crippen LogP contribution in [0.15, 0.2) is 43.0 Å². The van der Waals surface area contributed by atoms with Crippen molar-refractivity contribution in [2.45, 2.75) is 13.5 Å². The van der Waals surface area contributed by atoms with Gasteiger partial charge in [0.25, 0.3) is 0 Å². The number of aromatic nitrogens is 8. The van der Waals surface area contributed by atoms with Crippen molar-refractivity contribution >= 4 is 35.4 Å². The van der Waals surface area contributed by atoms with Crippen LogP contribution in [-0.4, -0.2) is 54.7 Å². The Bertz CT molecular complexity index is 946. The van der Waals surface area contributed by atoms with E-state index in [0.29, 0.717) is 0 Å². The molecule has 0 N–H and O–H groups in total. The van der Waals surface area contributed by atoms with Crippen molar-refractivity contribution in [1.29, 1.82) is 0 Å². The Kier molecular flexibility index (Phi) is 3.57. The molecule has 0 atom stereocenters. The molecule has 4 aromatic rings. The molecule has 0 radical (unpaired) electrons. The van der Waals surface area contributed by atoms with Crippen LogP contribution in [0.3, 0.4) is 0 Å². The first-order valence-electron chi connectivity index (χ1n) is 7.04. The number of benzene rings is 1. The van der Waals surface area contributed by atoms with Gasteiger partial charge in [-0.3, -0.25) is 0 Å². The molecule has 0 saturated carbocycles. The van der Waals surface area contributed by atoms with Crippen LogP contribution in [0.4, 0.5) is 0 Å². The van der Waals surface area contributed by atoms with E-state index in [1.165, 1.54) is 0 Å². The van der Waals surface area contributed by atoms with Gasteiger partial charge >= 0.3 is 137 Å². The third-order valence-electron chi connectivity index (χ3n) is 3.34. The molecule has 0 saturated heterocycles. The molecule has 0 unspecified atom stereocenters. The maximum absolute atomic E-state index is 4.45. The summed E-state index contributed by atoms with van der Waals surface area (Å²) in [4.78, 5) is 13.2. The van der Waals surface area contributed by atoms with E-state index in [1.807, 2.05) is 34.9 Å². The normalized spacial score (nSPS) is 11.2. The van der Waals surface area contributed by atoms with Gasteiger partial charge in [-0.05, 0) is 0 Å². The van der Waals surface area contributed by atoms with Gasteiger partial charge in [0.1, 0.15) is 0 Å². The van der Waals surface area contributed by atoms with E-state index in [2.05, 4.69) is 37.4 Å². The summed E-state index contributed by atoms with van der Waals surface area (Å²) in [6.07, 6.45) is 3.36. The number of imidazole rings is 1.